The van der Waals surface area contributed by atoms with Crippen molar-refractivity contribution in [1.29, 1.82) is 0 Å². The van der Waals surface area contributed by atoms with Gasteiger partial charge in [0.1, 0.15) is 5.52 Å². The van der Waals surface area contributed by atoms with Crippen molar-refractivity contribution in [2.45, 2.75) is 13.8 Å². The molecule has 0 aliphatic rings. The summed E-state index contributed by atoms with van der Waals surface area (Å²) in [6.07, 6.45) is 0. The Labute approximate surface area is 109 Å². The zero-order valence-corrected chi connectivity index (χ0v) is 10.5. The first kappa shape index (κ1) is 11.5. The van der Waals surface area contributed by atoms with Crippen molar-refractivity contribution in [1.82, 2.24) is 15.0 Å². The van der Waals surface area contributed by atoms with Gasteiger partial charge in [0.2, 0.25) is 11.8 Å². The maximum atomic E-state index is 9.41. The number of aromatic hydroxyl groups is 1. The first-order chi connectivity index (χ1) is 9.10. The van der Waals surface area contributed by atoms with E-state index in [9.17, 15) is 5.11 Å². The Morgan fingerprint density at radius 3 is 2.74 bits per heavy atom. The predicted octanol–water partition coefficient (Wildman–Crippen LogP) is 2.68. The minimum atomic E-state index is -0.0954. The van der Waals surface area contributed by atoms with Crippen LogP contribution in [0.3, 0.4) is 0 Å². The number of rotatable bonds is 2. The van der Waals surface area contributed by atoms with Gasteiger partial charge in [0, 0.05) is 11.8 Å². The summed E-state index contributed by atoms with van der Waals surface area (Å²) >= 11 is 0. The number of nitrogens with zero attached hydrogens (tertiary/aromatic N) is 3. The summed E-state index contributed by atoms with van der Waals surface area (Å²) in [5.74, 6) is 0.155. The second-order valence-electron chi connectivity index (χ2n) is 4.31. The molecular formula is C13H12N4O2. The first-order valence-corrected chi connectivity index (χ1v) is 5.79. The first-order valence-electron chi connectivity index (χ1n) is 5.79. The van der Waals surface area contributed by atoms with Gasteiger partial charge in [0.05, 0.1) is 0 Å². The molecule has 0 spiro atoms. The Hall–Kier alpha value is -2.63. The SMILES string of the molecule is Cc1ccc2oc(Nc3nc(C)cc(O)n3)nc2c1. The third kappa shape index (κ3) is 2.33. The highest BCUT2D eigenvalue weighted by atomic mass is 16.4. The van der Waals surface area contributed by atoms with E-state index in [-0.39, 0.29) is 11.8 Å². The lowest BCUT2D eigenvalue weighted by Crippen LogP contribution is -1.98. The quantitative estimate of drug-likeness (QED) is 0.733. The molecule has 0 bridgehead atoms. The van der Waals surface area contributed by atoms with Crippen LogP contribution in [0.4, 0.5) is 12.0 Å². The van der Waals surface area contributed by atoms with Gasteiger partial charge in [0.15, 0.2) is 5.58 Å². The molecule has 0 saturated heterocycles. The zero-order valence-electron chi connectivity index (χ0n) is 10.5. The Bertz CT molecular complexity index is 731. The maximum absolute atomic E-state index is 9.41. The number of oxazole rings is 1. The van der Waals surface area contributed by atoms with Gasteiger partial charge >= 0.3 is 6.01 Å². The Morgan fingerprint density at radius 1 is 1.11 bits per heavy atom. The van der Waals surface area contributed by atoms with Gasteiger partial charge in [-0.3, -0.25) is 5.32 Å². The van der Waals surface area contributed by atoms with Crippen LogP contribution in [0.1, 0.15) is 11.3 Å². The fraction of sp³-hybridized carbons (Fsp3) is 0.154. The number of nitrogens with one attached hydrogen (secondary N) is 1. The Balaban J connectivity index is 1.96. The molecule has 0 amide bonds. The van der Waals surface area contributed by atoms with Gasteiger partial charge in [-0.1, -0.05) is 6.07 Å². The van der Waals surface area contributed by atoms with E-state index in [1.165, 1.54) is 6.07 Å². The van der Waals surface area contributed by atoms with Crippen molar-refractivity contribution in [3.63, 3.8) is 0 Å². The minimum absolute atomic E-state index is 0.0954. The molecule has 0 atom stereocenters. The molecule has 2 aromatic heterocycles. The Morgan fingerprint density at radius 2 is 1.95 bits per heavy atom. The smallest absolute Gasteiger partial charge is 0.302 e. The van der Waals surface area contributed by atoms with Gasteiger partial charge in [-0.2, -0.15) is 9.97 Å². The molecule has 0 aliphatic carbocycles. The average molecular weight is 256 g/mol. The lowest BCUT2D eigenvalue weighted by Gasteiger charge is -2.01. The van der Waals surface area contributed by atoms with Crippen LogP contribution in [0.2, 0.25) is 0 Å². The second-order valence-corrected chi connectivity index (χ2v) is 4.31. The number of hydrogen-bond acceptors (Lipinski definition) is 6. The predicted molar refractivity (Wildman–Crippen MR) is 70.5 cm³/mol. The Kier molecular flexibility index (Phi) is 2.56. The highest BCUT2D eigenvalue weighted by Gasteiger charge is 2.08. The number of aryl methyl sites for hydroxylation is 2. The van der Waals surface area contributed by atoms with E-state index in [1.807, 2.05) is 25.1 Å². The molecule has 2 heterocycles. The van der Waals surface area contributed by atoms with Crippen molar-refractivity contribution < 1.29 is 9.52 Å². The summed E-state index contributed by atoms with van der Waals surface area (Å²) < 4.78 is 5.52. The van der Waals surface area contributed by atoms with Crippen LogP contribution in [-0.2, 0) is 0 Å². The molecule has 3 aromatic rings. The van der Waals surface area contributed by atoms with E-state index in [0.717, 1.165) is 11.1 Å². The largest absolute Gasteiger partial charge is 0.493 e. The number of benzene rings is 1. The highest BCUT2D eigenvalue weighted by Crippen LogP contribution is 2.22. The molecule has 3 rings (SSSR count). The molecule has 19 heavy (non-hydrogen) atoms. The summed E-state index contributed by atoms with van der Waals surface area (Å²) in [7, 11) is 0. The van der Waals surface area contributed by atoms with Crippen molar-refractivity contribution in [2.24, 2.45) is 0 Å². The van der Waals surface area contributed by atoms with E-state index in [2.05, 4.69) is 20.3 Å². The van der Waals surface area contributed by atoms with Crippen molar-refractivity contribution in [2.75, 3.05) is 5.32 Å². The van der Waals surface area contributed by atoms with Crippen LogP contribution in [-0.4, -0.2) is 20.1 Å². The summed E-state index contributed by atoms with van der Waals surface area (Å²) in [6.45, 7) is 3.75. The van der Waals surface area contributed by atoms with E-state index < -0.39 is 0 Å². The van der Waals surface area contributed by atoms with E-state index in [1.54, 1.807) is 6.92 Å². The summed E-state index contributed by atoms with van der Waals surface area (Å²) in [5.41, 5.74) is 3.21. The number of fused-ring (bicyclic) bond motifs is 1. The van der Waals surface area contributed by atoms with Crippen LogP contribution < -0.4 is 5.32 Å². The van der Waals surface area contributed by atoms with Gasteiger partial charge in [-0.25, -0.2) is 4.98 Å². The standard InChI is InChI=1S/C13H12N4O2/c1-7-3-4-10-9(5-7)15-13(19-10)17-12-14-8(2)6-11(18)16-12/h3-6H,1-2H3,(H2,14,15,16,17,18). The highest BCUT2D eigenvalue weighted by molar-refractivity contribution is 5.75. The molecule has 96 valence electrons. The topological polar surface area (TPSA) is 84.1 Å². The zero-order chi connectivity index (χ0) is 13.4. The third-order valence-electron chi connectivity index (χ3n) is 2.60. The lowest BCUT2D eigenvalue weighted by atomic mass is 10.2. The molecule has 0 saturated carbocycles. The van der Waals surface area contributed by atoms with E-state index >= 15 is 0 Å². The van der Waals surface area contributed by atoms with E-state index in [4.69, 9.17) is 4.42 Å². The molecule has 6 nitrogen and oxygen atoms in total. The maximum Gasteiger partial charge on any atom is 0.302 e. The van der Waals surface area contributed by atoms with Gasteiger partial charge in [-0.15, -0.1) is 0 Å². The lowest BCUT2D eigenvalue weighted by molar-refractivity contribution is 0.452. The second kappa shape index (κ2) is 4.24. The van der Waals surface area contributed by atoms with Crippen LogP contribution in [0.25, 0.3) is 11.1 Å². The average Bonchev–Trinajstić information content (AvgIpc) is 2.68. The third-order valence-corrected chi connectivity index (χ3v) is 2.60. The van der Waals surface area contributed by atoms with Gasteiger partial charge in [0.25, 0.3) is 0 Å². The monoisotopic (exact) mass is 256 g/mol. The summed E-state index contributed by atoms with van der Waals surface area (Å²) in [6, 6.07) is 7.51. The van der Waals surface area contributed by atoms with Crippen LogP contribution >= 0.6 is 0 Å². The van der Waals surface area contributed by atoms with Crippen LogP contribution in [0, 0.1) is 13.8 Å². The number of anilines is 2. The molecule has 0 unspecified atom stereocenters. The van der Waals surface area contributed by atoms with E-state index in [0.29, 0.717) is 17.3 Å². The molecule has 1 aromatic carbocycles. The minimum Gasteiger partial charge on any atom is -0.493 e. The molecule has 0 fully saturated rings. The number of hydrogen-bond donors (Lipinski definition) is 2. The van der Waals surface area contributed by atoms with Crippen LogP contribution in [0.5, 0.6) is 5.88 Å². The van der Waals surface area contributed by atoms with Gasteiger partial charge < -0.3 is 9.52 Å². The van der Waals surface area contributed by atoms with Gasteiger partial charge in [-0.05, 0) is 31.5 Å². The van der Waals surface area contributed by atoms with Crippen molar-refractivity contribution in [3.8, 4) is 5.88 Å². The van der Waals surface area contributed by atoms with Crippen molar-refractivity contribution in [3.05, 3.63) is 35.5 Å². The number of aromatic nitrogens is 3. The molecule has 2 N–H and O–H groups in total. The van der Waals surface area contributed by atoms with Crippen molar-refractivity contribution >= 4 is 23.1 Å². The molecule has 6 heteroatoms. The fourth-order valence-electron chi connectivity index (χ4n) is 1.79. The normalized spacial score (nSPS) is 10.8. The fourth-order valence-corrected chi connectivity index (χ4v) is 1.79. The molecule has 0 aliphatic heterocycles. The molecular weight excluding hydrogens is 244 g/mol. The molecule has 0 radical (unpaired) electrons. The van der Waals surface area contributed by atoms with Crippen LogP contribution in [0.15, 0.2) is 28.7 Å². The summed E-state index contributed by atoms with van der Waals surface area (Å²) in [4.78, 5) is 12.3. The summed E-state index contributed by atoms with van der Waals surface area (Å²) in [5, 5.41) is 12.2.